The zero-order valence-corrected chi connectivity index (χ0v) is 6.29. The lowest BCUT2D eigenvalue weighted by Gasteiger charge is -1.94. The van der Waals surface area contributed by atoms with E-state index in [4.69, 9.17) is 0 Å². The van der Waals surface area contributed by atoms with Gasteiger partial charge in [0, 0.05) is 13.2 Å². The minimum atomic E-state index is 1.50. The van der Waals surface area contributed by atoms with Gasteiger partial charge >= 0.3 is 0 Å². The van der Waals surface area contributed by atoms with E-state index in [1.807, 2.05) is 10.2 Å². The van der Waals surface area contributed by atoms with Crippen LogP contribution < -0.4 is 0 Å². The molecule has 0 rings (SSSR count). The summed E-state index contributed by atoms with van der Waals surface area (Å²) in [6.07, 6.45) is 3.17. The highest BCUT2D eigenvalue weighted by molar-refractivity contribution is 14.1. The van der Waals surface area contributed by atoms with Crippen molar-refractivity contribution in [2.75, 3.05) is 7.05 Å². The Labute approximate surface area is 57.4 Å². The van der Waals surface area contributed by atoms with Crippen LogP contribution in [0.1, 0.15) is 0 Å². The summed E-state index contributed by atoms with van der Waals surface area (Å²) >= 11 is 2.10. The summed E-state index contributed by atoms with van der Waals surface area (Å²) in [5.74, 6) is 0. The topological polar surface area (TPSA) is 15.6 Å². The summed E-state index contributed by atoms with van der Waals surface area (Å²) in [5.41, 5.74) is 0. The van der Waals surface area contributed by atoms with Gasteiger partial charge in [0.1, 0.15) is 0 Å². The molecule has 0 unspecified atom stereocenters. The third-order valence-electron chi connectivity index (χ3n) is 0.331. The molecule has 0 aliphatic heterocycles. The highest BCUT2D eigenvalue weighted by Crippen LogP contribution is 1.85. The molecule has 0 atom stereocenters. The molecule has 0 aromatic carbocycles. The lowest BCUT2D eigenvalue weighted by atomic mass is 11.0. The van der Waals surface area contributed by atoms with Gasteiger partial charge in [-0.2, -0.15) is 0 Å². The molecule has 7 heavy (non-hydrogen) atoms. The number of hydrogen-bond donors (Lipinski definition) is 0. The van der Waals surface area contributed by atoms with Gasteiger partial charge in [0.15, 0.2) is 0 Å². The van der Waals surface area contributed by atoms with Crippen molar-refractivity contribution in [2.45, 2.75) is 0 Å². The molecular formula is C4H7IN2. The first-order valence-corrected chi connectivity index (χ1v) is 2.76. The summed E-state index contributed by atoms with van der Waals surface area (Å²) in [7, 11) is 1.90. The molecule has 0 saturated carbocycles. The number of rotatable bonds is 2. The first-order valence-electron chi connectivity index (χ1n) is 1.80. The molecule has 0 aliphatic rings. The highest BCUT2D eigenvalue weighted by atomic mass is 127. The minimum absolute atomic E-state index is 1.50. The molecule has 0 radical (unpaired) electrons. The second-order valence-electron chi connectivity index (χ2n) is 0.972. The second-order valence-corrected chi connectivity index (χ2v) is 2.49. The molecule has 0 spiro atoms. The normalized spacial score (nSPS) is 9.43. The summed E-state index contributed by atoms with van der Waals surface area (Å²) in [6, 6.07) is 0. The van der Waals surface area contributed by atoms with Gasteiger partial charge < -0.3 is 3.11 Å². The van der Waals surface area contributed by atoms with Gasteiger partial charge in [-0.1, -0.05) is 6.58 Å². The fraction of sp³-hybridized carbons (Fsp3) is 0.250. The average Bonchev–Trinajstić information content (AvgIpc) is 1.61. The fourth-order valence-corrected chi connectivity index (χ4v) is 0.283. The Morgan fingerprint density at radius 3 is 2.57 bits per heavy atom. The first kappa shape index (κ1) is 6.94. The van der Waals surface area contributed by atoms with Crippen molar-refractivity contribution >= 4 is 29.2 Å². The zero-order valence-electron chi connectivity index (χ0n) is 4.13. The molecule has 2 nitrogen and oxygen atoms in total. The molecular weight excluding hydrogens is 203 g/mol. The Morgan fingerprint density at radius 2 is 2.43 bits per heavy atom. The number of halogens is 1. The zero-order chi connectivity index (χ0) is 5.70. The van der Waals surface area contributed by atoms with Crippen LogP contribution >= 0.6 is 22.9 Å². The number of aliphatic imine (C=N–C) groups is 1. The van der Waals surface area contributed by atoms with Crippen LogP contribution in [0.2, 0.25) is 0 Å². The summed E-state index contributed by atoms with van der Waals surface area (Å²) in [4.78, 5) is 3.73. The maximum atomic E-state index is 3.73. The molecule has 0 bridgehead atoms. The number of nitrogens with zero attached hydrogens (tertiary/aromatic N) is 2. The number of hydrogen-bond acceptors (Lipinski definition) is 1. The predicted molar refractivity (Wildman–Crippen MR) is 40.5 cm³/mol. The van der Waals surface area contributed by atoms with E-state index < -0.39 is 0 Å². The SMILES string of the molecule is C=CN=CN(C)I. The van der Waals surface area contributed by atoms with Crippen molar-refractivity contribution in [2.24, 2.45) is 4.99 Å². The summed E-state index contributed by atoms with van der Waals surface area (Å²) in [5, 5.41) is 0. The smallest absolute Gasteiger partial charge is 0.0989 e. The average molecular weight is 210 g/mol. The lowest BCUT2D eigenvalue weighted by molar-refractivity contribution is 0.936. The van der Waals surface area contributed by atoms with Crippen LogP contribution in [0.3, 0.4) is 0 Å². The van der Waals surface area contributed by atoms with E-state index in [9.17, 15) is 0 Å². The second kappa shape index (κ2) is 4.11. The van der Waals surface area contributed by atoms with Crippen molar-refractivity contribution in [3.8, 4) is 0 Å². The van der Waals surface area contributed by atoms with Crippen LogP contribution in [0.15, 0.2) is 17.8 Å². The first-order chi connectivity index (χ1) is 3.27. The molecule has 0 aromatic heterocycles. The van der Waals surface area contributed by atoms with Crippen LogP contribution in [0.25, 0.3) is 0 Å². The molecule has 0 saturated heterocycles. The van der Waals surface area contributed by atoms with Crippen molar-refractivity contribution in [3.63, 3.8) is 0 Å². The lowest BCUT2D eigenvalue weighted by Crippen LogP contribution is -1.96. The van der Waals surface area contributed by atoms with Gasteiger partial charge in [0.2, 0.25) is 0 Å². The summed E-state index contributed by atoms with van der Waals surface area (Å²) in [6.45, 7) is 3.40. The largest absolute Gasteiger partial charge is 0.308 e. The van der Waals surface area contributed by atoms with Crippen LogP contribution in [-0.4, -0.2) is 16.5 Å². The van der Waals surface area contributed by atoms with E-state index in [1.165, 1.54) is 6.20 Å². The van der Waals surface area contributed by atoms with Crippen molar-refractivity contribution in [3.05, 3.63) is 12.8 Å². The van der Waals surface area contributed by atoms with Crippen molar-refractivity contribution in [1.82, 2.24) is 3.11 Å². The Bertz CT molecular complexity index is 77.8. The molecule has 0 fully saturated rings. The van der Waals surface area contributed by atoms with Crippen LogP contribution in [0.4, 0.5) is 0 Å². The Hall–Kier alpha value is -0.0600. The van der Waals surface area contributed by atoms with E-state index in [0.717, 1.165) is 0 Å². The van der Waals surface area contributed by atoms with Gasteiger partial charge in [0.05, 0.1) is 29.2 Å². The monoisotopic (exact) mass is 210 g/mol. The van der Waals surface area contributed by atoms with E-state index in [1.54, 1.807) is 6.34 Å². The molecule has 0 amide bonds. The van der Waals surface area contributed by atoms with Gasteiger partial charge in [-0.05, 0) is 0 Å². The minimum Gasteiger partial charge on any atom is -0.308 e. The molecule has 0 aromatic rings. The van der Waals surface area contributed by atoms with Crippen molar-refractivity contribution in [1.29, 1.82) is 0 Å². The highest BCUT2D eigenvalue weighted by Gasteiger charge is 1.71. The standard InChI is InChI=1S/C4H7IN2/c1-3-6-4-7(2)5/h3-4H,1H2,2H3. The van der Waals surface area contributed by atoms with E-state index in [0.29, 0.717) is 0 Å². The Kier molecular flexibility index (Phi) is 4.07. The Morgan fingerprint density at radius 1 is 1.86 bits per heavy atom. The van der Waals surface area contributed by atoms with Crippen LogP contribution in [-0.2, 0) is 0 Å². The van der Waals surface area contributed by atoms with Crippen LogP contribution in [0, 0.1) is 0 Å². The quantitative estimate of drug-likeness (QED) is 0.291. The maximum absolute atomic E-state index is 3.73. The third kappa shape index (κ3) is 5.94. The van der Waals surface area contributed by atoms with Crippen LogP contribution in [0.5, 0.6) is 0 Å². The predicted octanol–water partition coefficient (Wildman–Crippen LogP) is 1.44. The molecule has 0 heterocycles. The summed E-state index contributed by atoms with van der Waals surface area (Å²) < 4.78 is 1.82. The van der Waals surface area contributed by atoms with E-state index in [-0.39, 0.29) is 0 Å². The maximum Gasteiger partial charge on any atom is 0.0989 e. The van der Waals surface area contributed by atoms with Gasteiger partial charge in [-0.3, -0.25) is 0 Å². The molecule has 40 valence electrons. The van der Waals surface area contributed by atoms with E-state index in [2.05, 4.69) is 34.4 Å². The van der Waals surface area contributed by atoms with Gasteiger partial charge in [0.25, 0.3) is 0 Å². The Balaban J connectivity index is 3.25. The van der Waals surface area contributed by atoms with Gasteiger partial charge in [-0.15, -0.1) is 0 Å². The third-order valence-corrected chi connectivity index (χ3v) is 0.580. The molecule has 3 heteroatoms. The van der Waals surface area contributed by atoms with Crippen molar-refractivity contribution < 1.29 is 0 Å². The molecule has 0 aliphatic carbocycles. The fourth-order valence-electron chi connectivity index (χ4n) is 0.139. The molecule has 0 N–H and O–H groups in total. The van der Waals surface area contributed by atoms with Gasteiger partial charge in [-0.25, -0.2) is 4.99 Å². The van der Waals surface area contributed by atoms with E-state index >= 15 is 0 Å².